The highest BCUT2D eigenvalue weighted by atomic mass is 32.1. The molecule has 148 valence electrons. The fraction of sp³-hybridized carbons (Fsp3) is 0.722. The van der Waals surface area contributed by atoms with Crippen LogP contribution in [0.5, 0.6) is 0 Å². The fourth-order valence-electron chi connectivity index (χ4n) is 4.21. The fourth-order valence-corrected chi connectivity index (χ4v) is 5.07. The lowest BCUT2D eigenvalue weighted by Crippen LogP contribution is -2.43. The normalized spacial score (nSPS) is 26.3. The predicted octanol–water partition coefficient (Wildman–Crippen LogP) is 0.691. The van der Waals surface area contributed by atoms with Gasteiger partial charge in [-0.1, -0.05) is 11.3 Å². The summed E-state index contributed by atoms with van der Waals surface area (Å²) in [6, 6.07) is 0. The van der Waals surface area contributed by atoms with Crippen molar-refractivity contribution >= 4 is 28.3 Å². The minimum absolute atomic E-state index is 0.281. The number of esters is 1. The van der Waals surface area contributed by atoms with Crippen LogP contribution >= 0.6 is 11.3 Å². The van der Waals surface area contributed by atoms with Gasteiger partial charge in [0.25, 0.3) is 0 Å². The molecule has 1 aromatic rings. The predicted molar refractivity (Wildman–Crippen MR) is 101 cm³/mol. The number of thiazole rings is 1. The van der Waals surface area contributed by atoms with Crippen LogP contribution < -0.4 is 4.90 Å². The Morgan fingerprint density at radius 1 is 1.26 bits per heavy atom. The Kier molecular flexibility index (Phi) is 5.34. The number of likely N-dealkylation sites (tertiary alicyclic amines) is 1. The van der Waals surface area contributed by atoms with Crippen molar-refractivity contribution in [1.82, 2.24) is 14.8 Å². The van der Waals surface area contributed by atoms with Crippen LogP contribution in [0.2, 0.25) is 0 Å². The molecular formula is C18H26N4O4S. The van der Waals surface area contributed by atoms with Crippen LogP contribution in [0.4, 0.5) is 5.13 Å². The van der Waals surface area contributed by atoms with Crippen molar-refractivity contribution in [3.05, 3.63) is 11.1 Å². The molecule has 3 aliphatic rings. The van der Waals surface area contributed by atoms with Gasteiger partial charge < -0.3 is 19.3 Å². The first-order valence-corrected chi connectivity index (χ1v) is 10.3. The van der Waals surface area contributed by atoms with E-state index in [0.717, 1.165) is 70.5 Å². The molecule has 0 bridgehead atoms. The number of amides is 1. The van der Waals surface area contributed by atoms with E-state index >= 15 is 0 Å². The maximum Gasteiger partial charge on any atom is 0.349 e. The summed E-state index contributed by atoms with van der Waals surface area (Å²) in [5.41, 5.74) is -0.290. The summed E-state index contributed by atoms with van der Waals surface area (Å²) in [4.78, 5) is 36.1. The second-order valence-electron chi connectivity index (χ2n) is 7.45. The summed E-state index contributed by atoms with van der Waals surface area (Å²) in [6.45, 7) is 7.52. The molecule has 1 aromatic heterocycles. The Labute approximate surface area is 163 Å². The number of hydrogen-bond acceptors (Lipinski definition) is 8. The summed E-state index contributed by atoms with van der Waals surface area (Å²) < 4.78 is 10.1. The third kappa shape index (κ3) is 3.68. The summed E-state index contributed by atoms with van der Waals surface area (Å²) in [6.07, 6.45) is 3.32. The van der Waals surface area contributed by atoms with E-state index in [4.69, 9.17) is 9.47 Å². The van der Waals surface area contributed by atoms with Crippen molar-refractivity contribution < 1.29 is 19.1 Å². The maximum atomic E-state index is 13.1. The molecule has 0 aliphatic carbocycles. The minimum atomic E-state index is -0.362. The molecule has 0 radical (unpaired) electrons. The molecule has 27 heavy (non-hydrogen) atoms. The third-order valence-electron chi connectivity index (χ3n) is 5.90. The number of aromatic nitrogens is 1. The average molecular weight is 394 g/mol. The number of ether oxygens (including phenoxy) is 2. The van der Waals surface area contributed by atoms with Gasteiger partial charge in [-0.25, -0.2) is 9.78 Å². The number of anilines is 1. The van der Waals surface area contributed by atoms with E-state index in [1.54, 1.807) is 6.20 Å². The largest absolute Gasteiger partial charge is 0.465 e. The monoisotopic (exact) mass is 394 g/mol. The zero-order valence-electron chi connectivity index (χ0n) is 15.7. The topological polar surface area (TPSA) is 75.2 Å². The molecule has 4 rings (SSSR count). The summed E-state index contributed by atoms with van der Waals surface area (Å²) >= 11 is 1.33. The lowest BCUT2D eigenvalue weighted by Gasteiger charge is -2.29. The summed E-state index contributed by atoms with van der Waals surface area (Å²) in [5.74, 6) is -0.0816. The van der Waals surface area contributed by atoms with E-state index in [0.29, 0.717) is 11.4 Å². The van der Waals surface area contributed by atoms with Crippen LogP contribution in [-0.2, 0) is 14.3 Å². The molecule has 1 atom stereocenters. The van der Waals surface area contributed by atoms with Crippen LogP contribution in [0.1, 0.15) is 22.5 Å². The summed E-state index contributed by atoms with van der Waals surface area (Å²) in [7, 11) is 1.37. The van der Waals surface area contributed by atoms with Gasteiger partial charge in [-0.3, -0.25) is 9.69 Å². The highest BCUT2D eigenvalue weighted by molar-refractivity contribution is 7.17. The van der Waals surface area contributed by atoms with Gasteiger partial charge in [-0.05, 0) is 12.8 Å². The standard InChI is InChI=1S/C18H26N4O4S/c1-25-15(23)14-12-19-17(27-14)22-5-3-18(13-22)2-4-21(16(18)24)7-6-20-8-10-26-11-9-20/h12H,2-11,13H2,1H3. The van der Waals surface area contributed by atoms with Gasteiger partial charge in [-0.2, -0.15) is 0 Å². The number of hydrogen-bond donors (Lipinski definition) is 0. The Hall–Kier alpha value is -1.71. The summed E-state index contributed by atoms with van der Waals surface area (Å²) in [5, 5.41) is 0.798. The molecule has 1 amide bonds. The number of nitrogens with zero attached hydrogens (tertiary/aromatic N) is 4. The first-order chi connectivity index (χ1) is 13.1. The van der Waals surface area contributed by atoms with E-state index < -0.39 is 0 Å². The highest BCUT2D eigenvalue weighted by Crippen LogP contribution is 2.42. The van der Waals surface area contributed by atoms with Crippen molar-refractivity contribution in [2.75, 3.05) is 71.0 Å². The Bertz CT molecular complexity index is 705. The molecule has 8 nitrogen and oxygen atoms in total. The van der Waals surface area contributed by atoms with Gasteiger partial charge in [0, 0.05) is 45.8 Å². The van der Waals surface area contributed by atoms with E-state index in [-0.39, 0.29) is 17.3 Å². The minimum Gasteiger partial charge on any atom is -0.465 e. The lowest BCUT2D eigenvalue weighted by atomic mass is 9.85. The van der Waals surface area contributed by atoms with Crippen molar-refractivity contribution in [3.63, 3.8) is 0 Å². The molecule has 9 heteroatoms. The van der Waals surface area contributed by atoms with Gasteiger partial charge in [-0.15, -0.1) is 0 Å². The van der Waals surface area contributed by atoms with Crippen LogP contribution in [0.3, 0.4) is 0 Å². The van der Waals surface area contributed by atoms with Crippen molar-refractivity contribution in [2.24, 2.45) is 5.41 Å². The van der Waals surface area contributed by atoms with Crippen molar-refractivity contribution in [2.45, 2.75) is 12.8 Å². The highest BCUT2D eigenvalue weighted by Gasteiger charge is 2.51. The molecule has 1 spiro atoms. The van der Waals surface area contributed by atoms with Crippen LogP contribution in [-0.4, -0.2) is 92.8 Å². The lowest BCUT2D eigenvalue weighted by molar-refractivity contribution is -0.135. The smallest absolute Gasteiger partial charge is 0.349 e. The van der Waals surface area contributed by atoms with Crippen LogP contribution in [0.25, 0.3) is 0 Å². The molecule has 0 aromatic carbocycles. The van der Waals surface area contributed by atoms with Gasteiger partial charge in [0.15, 0.2) is 5.13 Å². The first-order valence-electron chi connectivity index (χ1n) is 9.50. The van der Waals surface area contributed by atoms with Crippen LogP contribution in [0, 0.1) is 5.41 Å². The Balaban J connectivity index is 1.35. The molecule has 4 heterocycles. The average Bonchev–Trinajstić information content (AvgIpc) is 3.42. The molecule has 1 unspecified atom stereocenters. The van der Waals surface area contributed by atoms with Crippen molar-refractivity contribution in [1.29, 1.82) is 0 Å². The first kappa shape index (κ1) is 18.6. The molecule has 3 saturated heterocycles. The van der Waals surface area contributed by atoms with Crippen LogP contribution in [0.15, 0.2) is 6.20 Å². The maximum absolute atomic E-state index is 13.1. The quantitative estimate of drug-likeness (QED) is 0.680. The van der Waals surface area contributed by atoms with Gasteiger partial charge in [0.1, 0.15) is 4.88 Å². The van der Waals surface area contributed by atoms with Gasteiger partial charge >= 0.3 is 5.97 Å². The van der Waals surface area contributed by atoms with Gasteiger partial charge in [0.2, 0.25) is 5.91 Å². The molecule has 0 N–H and O–H groups in total. The number of rotatable bonds is 5. The SMILES string of the molecule is COC(=O)c1cnc(N2CCC3(CCN(CCN4CCOCC4)C3=O)C2)s1. The third-order valence-corrected chi connectivity index (χ3v) is 6.93. The molecular weight excluding hydrogens is 368 g/mol. The van der Waals surface area contributed by atoms with E-state index in [1.165, 1.54) is 18.4 Å². The number of carbonyl (C=O) groups excluding carboxylic acids is 2. The molecule has 0 saturated carbocycles. The van der Waals surface area contributed by atoms with E-state index in [9.17, 15) is 9.59 Å². The number of carbonyl (C=O) groups is 2. The zero-order chi connectivity index (χ0) is 18.9. The van der Waals surface area contributed by atoms with Crippen molar-refractivity contribution in [3.8, 4) is 0 Å². The zero-order valence-corrected chi connectivity index (χ0v) is 16.5. The Morgan fingerprint density at radius 2 is 2.04 bits per heavy atom. The number of morpholine rings is 1. The number of methoxy groups -OCH3 is 1. The second kappa shape index (κ2) is 7.73. The molecule has 3 fully saturated rings. The second-order valence-corrected chi connectivity index (χ2v) is 8.46. The molecule has 3 aliphatic heterocycles. The Morgan fingerprint density at radius 3 is 2.81 bits per heavy atom. The van der Waals surface area contributed by atoms with Gasteiger partial charge in [0.05, 0.1) is 31.9 Å². The van der Waals surface area contributed by atoms with E-state index in [2.05, 4.69) is 14.8 Å². The van der Waals surface area contributed by atoms with E-state index in [1.807, 2.05) is 4.90 Å².